The van der Waals surface area contributed by atoms with E-state index in [1.54, 1.807) is 24.5 Å². The zero-order valence-corrected chi connectivity index (χ0v) is 12.2. The van der Waals surface area contributed by atoms with Crippen molar-refractivity contribution < 1.29 is 4.39 Å². The van der Waals surface area contributed by atoms with Crippen molar-refractivity contribution in [1.29, 1.82) is 0 Å². The number of hydrogen-bond donors (Lipinski definition) is 2. The average molecular weight is 299 g/mol. The van der Waals surface area contributed by atoms with Crippen LogP contribution in [-0.2, 0) is 13.1 Å². The first kappa shape index (κ1) is 14.5. The number of nitrogens with zero attached hydrogens (tertiary/aromatic N) is 3. The normalized spacial score (nSPS) is 11.0. The summed E-state index contributed by atoms with van der Waals surface area (Å²) >= 11 is 0. The number of hydrogen-bond acceptors (Lipinski definition) is 3. The summed E-state index contributed by atoms with van der Waals surface area (Å²) in [6.07, 6.45) is 6.56. The van der Waals surface area contributed by atoms with Gasteiger partial charge in [-0.1, -0.05) is 0 Å². The minimum Gasteiger partial charge on any atom is -0.312 e. The van der Waals surface area contributed by atoms with Crippen molar-refractivity contribution in [3.05, 3.63) is 60.3 Å². The molecule has 5 nitrogen and oxygen atoms in total. The molecule has 0 atom stereocenters. The van der Waals surface area contributed by atoms with Crippen LogP contribution in [0.3, 0.4) is 0 Å². The fraction of sp³-hybridized carbons (Fsp3) is 0.250. The van der Waals surface area contributed by atoms with Crippen molar-refractivity contribution in [3.63, 3.8) is 0 Å². The predicted octanol–water partition coefficient (Wildman–Crippen LogP) is 2.59. The van der Waals surface area contributed by atoms with Crippen molar-refractivity contribution in [2.45, 2.75) is 19.5 Å². The van der Waals surface area contributed by atoms with Gasteiger partial charge >= 0.3 is 0 Å². The molecule has 6 heteroatoms. The van der Waals surface area contributed by atoms with Crippen LogP contribution in [0, 0.1) is 5.82 Å². The Labute approximate surface area is 128 Å². The molecule has 2 aromatic heterocycles. The lowest BCUT2D eigenvalue weighted by Crippen LogP contribution is -2.16. The molecule has 0 spiro atoms. The number of H-pyrrole nitrogens is 1. The molecule has 0 radical (unpaired) electrons. The Morgan fingerprint density at radius 1 is 1.23 bits per heavy atom. The molecule has 0 saturated carbocycles. The molecule has 0 unspecified atom stereocenters. The van der Waals surface area contributed by atoms with Crippen LogP contribution < -0.4 is 5.32 Å². The Hall–Kier alpha value is -2.47. The lowest BCUT2D eigenvalue weighted by molar-refractivity contribution is 0.543. The van der Waals surface area contributed by atoms with Crippen molar-refractivity contribution in [1.82, 2.24) is 25.3 Å². The fourth-order valence-electron chi connectivity index (χ4n) is 2.33. The molecule has 3 rings (SSSR count). The average Bonchev–Trinajstić information content (AvgIpc) is 3.19. The van der Waals surface area contributed by atoms with Crippen LogP contribution in [0.2, 0.25) is 0 Å². The highest BCUT2D eigenvalue weighted by Gasteiger charge is 2.07. The van der Waals surface area contributed by atoms with E-state index in [4.69, 9.17) is 0 Å². The molecule has 22 heavy (non-hydrogen) atoms. The maximum Gasteiger partial charge on any atom is 0.123 e. The second-order valence-corrected chi connectivity index (χ2v) is 5.08. The van der Waals surface area contributed by atoms with Crippen LogP contribution in [0.15, 0.2) is 48.9 Å². The van der Waals surface area contributed by atoms with Gasteiger partial charge in [-0.3, -0.25) is 9.78 Å². The van der Waals surface area contributed by atoms with Crippen LogP contribution in [0.1, 0.15) is 12.0 Å². The molecule has 0 fully saturated rings. The van der Waals surface area contributed by atoms with Crippen molar-refractivity contribution in [2.75, 3.05) is 6.54 Å². The van der Waals surface area contributed by atoms with E-state index in [-0.39, 0.29) is 5.82 Å². The van der Waals surface area contributed by atoms with Crippen molar-refractivity contribution in [2.24, 2.45) is 0 Å². The molecule has 2 N–H and O–H groups in total. The molecule has 2 heterocycles. The molecule has 1 aromatic carbocycles. The van der Waals surface area contributed by atoms with Crippen LogP contribution in [0.4, 0.5) is 4.39 Å². The Kier molecular flexibility index (Phi) is 4.60. The Morgan fingerprint density at radius 2 is 2.09 bits per heavy atom. The summed E-state index contributed by atoms with van der Waals surface area (Å²) in [4.78, 5) is 0. The summed E-state index contributed by atoms with van der Waals surface area (Å²) in [5.41, 5.74) is 2.94. The van der Waals surface area contributed by atoms with Gasteiger partial charge < -0.3 is 5.32 Å². The van der Waals surface area contributed by atoms with E-state index in [1.807, 2.05) is 16.9 Å². The van der Waals surface area contributed by atoms with Gasteiger partial charge in [-0.15, -0.1) is 0 Å². The largest absolute Gasteiger partial charge is 0.312 e. The SMILES string of the molecule is Fc1ccc(-c2[nH]ncc2CNCCCn2cccn2)cc1. The molecule has 0 bridgehead atoms. The van der Waals surface area contributed by atoms with Gasteiger partial charge in [0.05, 0.1) is 11.9 Å². The zero-order chi connectivity index (χ0) is 15.2. The minimum absolute atomic E-state index is 0.235. The fourth-order valence-corrected chi connectivity index (χ4v) is 2.33. The first-order valence-corrected chi connectivity index (χ1v) is 7.29. The Morgan fingerprint density at radius 3 is 2.86 bits per heavy atom. The van der Waals surface area contributed by atoms with Gasteiger partial charge in [0.15, 0.2) is 0 Å². The van der Waals surface area contributed by atoms with Gasteiger partial charge in [-0.25, -0.2) is 4.39 Å². The molecule has 114 valence electrons. The van der Waals surface area contributed by atoms with E-state index in [9.17, 15) is 4.39 Å². The predicted molar refractivity (Wildman–Crippen MR) is 82.5 cm³/mol. The third-order valence-electron chi connectivity index (χ3n) is 3.47. The van der Waals surface area contributed by atoms with Gasteiger partial charge in [0.2, 0.25) is 0 Å². The van der Waals surface area contributed by atoms with E-state index >= 15 is 0 Å². The number of aromatic amines is 1. The molecular weight excluding hydrogens is 281 g/mol. The highest BCUT2D eigenvalue weighted by atomic mass is 19.1. The van der Waals surface area contributed by atoms with Gasteiger partial charge in [0.1, 0.15) is 5.82 Å². The highest BCUT2D eigenvalue weighted by molar-refractivity contribution is 5.62. The third-order valence-corrected chi connectivity index (χ3v) is 3.47. The van der Waals surface area contributed by atoms with Gasteiger partial charge in [-0.2, -0.15) is 10.2 Å². The summed E-state index contributed by atoms with van der Waals surface area (Å²) in [6.45, 7) is 2.52. The topological polar surface area (TPSA) is 58.5 Å². The second-order valence-electron chi connectivity index (χ2n) is 5.08. The summed E-state index contributed by atoms with van der Waals surface area (Å²) in [5.74, 6) is -0.235. The standard InChI is InChI=1S/C16H18FN5/c17-15-5-3-13(4-6-15)16-14(12-19-21-16)11-18-7-1-9-22-10-2-8-20-22/h2-6,8,10,12,18H,1,7,9,11H2,(H,19,21). The van der Waals surface area contributed by atoms with Crippen LogP contribution in [0.5, 0.6) is 0 Å². The number of halogens is 1. The lowest BCUT2D eigenvalue weighted by atomic mass is 10.1. The van der Waals surface area contributed by atoms with E-state index in [0.29, 0.717) is 0 Å². The Balaban J connectivity index is 1.51. The summed E-state index contributed by atoms with van der Waals surface area (Å²) < 4.78 is 14.9. The smallest absolute Gasteiger partial charge is 0.123 e. The molecule has 3 aromatic rings. The number of aromatic nitrogens is 4. The van der Waals surface area contributed by atoms with Crippen molar-refractivity contribution in [3.8, 4) is 11.3 Å². The minimum atomic E-state index is -0.235. The summed E-state index contributed by atoms with van der Waals surface area (Å²) in [5, 5.41) is 14.6. The summed E-state index contributed by atoms with van der Waals surface area (Å²) in [7, 11) is 0. The van der Waals surface area contributed by atoms with Gasteiger partial charge in [-0.05, 0) is 43.3 Å². The summed E-state index contributed by atoms with van der Waals surface area (Å²) in [6, 6.07) is 8.34. The van der Waals surface area contributed by atoms with E-state index in [2.05, 4.69) is 20.6 Å². The van der Waals surface area contributed by atoms with Gasteiger partial charge in [0, 0.05) is 36.6 Å². The lowest BCUT2D eigenvalue weighted by Gasteiger charge is -2.06. The van der Waals surface area contributed by atoms with Crippen LogP contribution in [0.25, 0.3) is 11.3 Å². The number of benzene rings is 1. The van der Waals surface area contributed by atoms with Crippen molar-refractivity contribution >= 4 is 0 Å². The molecule has 0 aliphatic rings. The maximum atomic E-state index is 13.0. The zero-order valence-electron chi connectivity index (χ0n) is 12.2. The van der Waals surface area contributed by atoms with Crippen LogP contribution in [-0.4, -0.2) is 26.5 Å². The monoisotopic (exact) mass is 299 g/mol. The maximum absolute atomic E-state index is 13.0. The molecule has 0 amide bonds. The number of nitrogens with one attached hydrogen (secondary N) is 2. The molecule has 0 aliphatic heterocycles. The quantitative estimate of drug-likeness (QED) is 0.659. The van der Waals surface area contributed by atoms with Crippen LogP contribution >= 0.6 is 0 Å². The number of aryl methyl sites for hydroxylation is 1. The molecular formula is C16H18FN5. The highest BCUT2D eigenvalue weighted by Crippen LogP contribution is 2.21. The van der Waals surface area contributed by atoms with E-state index < -0.39 is 0 Å². The Bertz CT molecular complexity index is 688. The first-order valence-electron chi connectivity index (χ1n) is 7.29. The molecule has 0 saturated heterocycles. The first-order chi connectivity index (χ1) is 10.8. The van der Waals surface area contributed by atoms with E-state index in [1.165, 1.54) is 12.1 Å². The van der Waals surface area contributed by atoms with E-state index in [0.717, 1.165) is 42.9 Å². The van der Waals surface area contributed by atoms with Gasteiger partial charge in [0.25, 0.3) is 0 Å². The number of rotatable bonds is 7. The molecule has 0 aliphatic carbocycles. The second kappa shape index (κ2) is 7.00. The third kappa shape index (κ3) is 3.59.